The van der Waals surface area contributed by atoms with Gasteiger partial charge in [-0.2, -0.15) is 5.26 Å². The predicted molar refractivity (Wildman–Crippen MR) is 117 cm³/mol. The summed E-state index contributed by atoms with van der Waals surface area (Å²) in [5.74, 6) is 1.04. The minimum absolute atomic E-state index is 0.720. The number of anilines is 2. The molecule has 0 amide bonds. The van der Waals surface area contributed by atoms with Crippen molar-refractivity contribution in [3.63, 3.8) is 0 Å². The maximum absolute atomic E-state index is 9.92. The highest BCUT2D eigenvalue weighted by Gasteiger charge is 2.26. The van der Waals surface area contributed by atoms with E-state index in [1.807, 2.05) is 18.2 Å². The summed E-state index contributed by atoms with van der Waals surface area (Å²) in [5.41, 5.74) is 6.86. The smallest absolute Gasteiger partial charge is 0.157 e. The number of nitriles is 1. The fraction of sp³-hybridized carbons (Fsp3) is 0.120. The van der Waals surface area contributed by atoms with E-state index in [0.717, 1.165) is 58.6 Å². The molecule has 0 spiro atoms. The van der Waals surface area contributed by atoms with Crippen molar-refractivity contribution in [1.82, 2.24) is 9.38 Å². The van der Waals surface area contributed by atoms with Crippen LogP contribution in [0.1, 0.15) is 23.1 Å². The second-order valence-corrected chi connectivity index (χ2v) is 7.56. The highest BCUT2D eigenvalue weighted by atomic mass is 15.1. The summed E-state index contributed by atoms with van der Waals surface area (Å²) >= 11 is 0. The molecular formula is C25H18N4. The molecular weight excluding hydrogens is 356 g/mol. The molecule has 0 radical (unpaired) electrons. The molecule has 0 aliphatic heterocycles. The van der Waals surface area contributed by atoms with Crippen LogP contribution in [0.5, 0.6) is 0 Å². The lowest BCUT2D eigenvalue weighted by Crippen LogP contribution is -2.06. The van der Waals surface area contributed by atoms with Gasteiger partial charge in [-0.25, -0.2) is 4.98 Å². The number of hydrogen-bond donors (Lipinski definition) is 1. The number of pyridine rings is 1. The van der Waals surface area contributed by atoms with Gasteiger partial charge >= 0.3 is 0 Å². The lowest BCUT2D eigenvalue weighted by Gasteiger charge is -2.17. The molecule has 4 heteroatoms. The summed E-state index contributed by atoms with van der Waals surface area (Å²) in [7, 11) is 0. The van der Waals surface area contributed by atoms with Crippen LogP contribution in [0.15, 0.2) is 66.7 Å². The zero-order valence-electron chi connectivity index (χ0n) is 15.8. The third kappa shape index (κ3) is 2.28. The molecule has 0 unspecified atom stereocenters. The van der Waals surface area contributed by atoms with Gasteiger partial charge in [0.05, 0.1) is 16.6 Å². The Labute approximate surface area is 168 Å². The Morgan fingerprint density at radius 3 is 2.62 bits per heavy atom. The van der Waals surface area contributed by atoms with Gasteiger partial charge in [-0.3, -0.25) is 4.40 Å². The molecule has 0 saturated heterocycles. The number of nitrogens with zero attached hydrogens (tertiary/aromatic N) is 3. The maximum atomic E-state index is 9.92. The average Bonchev–Trinajstić information content (AvgIpc) is 3.39. The van der Waals surface area contributed by atoms with Crippen molar-refractivity contribution in [2.45, 2.75) is 19.3 Å². The standard InChI is InChI=1S/C25H18N4/c26-15-20-18-10-6-11-19(18)24(29-23-14-4-3-12-22(23)28-25(20)29)27-21-13-5-8-16-7-1-2-9-17(16)21/h1-5,7-9,12-14,27H,6,10-11H2. The summed E-state index contributed by atoms with van der Waals surface area (Å²) in [6, 6.07) is 25.3. The zero-order valence-corrected chi connectivity index (χ0v) is 15.8. The Hall–Kier alpha value is -3.84. The molecule has 1 aliphatic rings. The van der Waals surface area contributed by atoms with E-state index in [4.69, 9.17) is 4.98 Å². The normalized spacial score (nSPS) is 13.1. The Morgan fingerprint density at radius 2 is 1.69 bits per heavy atom. The molecule has 0 saturated carbocycles. The molecule has 5 aromatic rings. The Morgan fingerprint density at radius 1 is 0.897 bits per heavy atom. The zero-order chi connectivity index (χ0) is 19.4. The van der Waals surface area contributed by atoms with Crippen LogP contribution < -0.4 is 5.32 Å². The van der Waals surface area contributed by atoms with Crippen LogP contribution in [0.4, 0.5) is 11.5 Å². The Kier molecular flexibility index (Phi) is 3.39. The van der Waals surface area contributed by atoms with Crippen LogP contribution in [0.3, 0.4) is 0 Å². The Bertz CT molecular complexity index is 1460. The van der Waals surface area contributed by atoms with Crippen LogP contribution in [0, 0.1) is 11.3 Å². The average molecular weight is 374 g/mol. The number of nitrogens with one attached hydrogen (secondary N) is 1. The van der Waals surface area contributed by atoms with Crippen molar-refractivity contribution < 1.29 is 0 Å². The first kappa shape index (κ1) is 16.1. The minimum atomic E-state index is 0.720. The monoisotopic (exact) mass is 374 g/mol. The minimum Gasteiger partial charge on any atom is -0.341 e. The maximum Gasteiger partial charge on any atom is 0.157 e. The number of fused-ring (bicyclic) bond motifs is 5. The highest BCUT2D eigenvalue weighted by molar-refractivity contribution is 5.96. The SMILES string of the molecule is N#Cc1c2c(c(Nc3cccc4ccccc34)n3c1nc1ccccc13)CCC2. The van der Waals surface area contributed by atoms with E-state index < -0.39 is 0 Å². The summed E-state index contributed by atoms with van der Waals surface area (Å²) in [6.45, 7) is 0. The van der Waals surface area contributed by atoms with Gasteiger partial charge in [-0.05, 0) is 54.0 Å². The lowest BCUT2D eigenvalue weighted by atomic mass is 10.0. The fourth-order valence-corrected chi connectivity index (χ4v) is 4.68. The predicted octanol–water partition coefficient (Wildman–Crippen LogP) is 5.74. The molecule has 3 aromatic carbocycles. The lowest BCUT2D eigenvalue weighted by molar-refractivity contribution is 0.910. The second kappa shape index (κ2) is 6.08. The van der Waals surface area contributed by atoms with Gasteiger partial charge in [0.2, 0.25) is 0 Å². The molecule has 29 heavy (non-hydrogen) atoms. The number of hydrogen-bond acceptors (Lipinski definition) is 3. The van der Waals surface area contributed by atoms with Crippen molar-refractivity contribution in [2.75, 3.05) is 5.32 Å². The topological polar surface area (TPSA) is 53.1 Å². The van der Waals surface area contributed by atoms with Crippen LogP contribution in [-0.4, -0.2) is 9.38 Å². The molecule has 4 nitrogen and oxygen atoms in total. The van der Waals surface area contributed by atoms with Gasteiger partial charge in [-0.1, -0.05) is 48.5 Å². The molecule has 138 valence electrons. The van der Waals surface area contributed by atoms with Crippen molar-refractivity contribution in [3.05, 3.63) is 83.4 Å². The quantitative estimate of drug-likeness (QED) is 0.428. The molecule has 2 aromatic heterocycles. The van der Waals surface area contributed by atoms with Crippen molar-refractivity contribution >= 4 is 39.0 Å². The third-order valence-corrected chi connectivity index (χ3v) is 5.97. The van der Waals surface area contributed by atoms with Crippen molar-refractivity contribution in [2.24, 2.45) is 0 Å². The van der Waals surface area contributed by atoms with Crippen LogP contribution in [0.25, 0.3) is 27.5 Å². The summed E-state index contributed by atoms with van der Waals surface area (Å²) < 4.78 is 2.14. The van der Waals surface area contributed by atoms with Gasteiger partial charge in [0, 0.05) is 11.1 Å². The van der Waals surface area contributed by atoms with Gasteiger partial charge in [0.1, 0.15) is 11.9 Å². The largest absolute Gasteiger partial charge is 0.341 e. The summed E-state index contributed by atoms with van der Waals surface area (Å²) in [5, 5.41) is 16.0. The molecule has 0 fully saturated rings. The van der Waals surface area contributed by atoms with E-state index in [0.29, 0.717) is 0 Å². The first-order valence-corrected chi connectivity index (χ1v) is 9.95. The number of benzene rings is 3. The first-order valence-electron chi connectivity index (χ1n) is 9.95. The van der Waals surface area contributed by atoms with E-state index in [9.17, 15) is 5.26 Å². The van der Waals surface area contributed by atoms with Gasteiger partial charge < -0.3 is 5.32 Å². The first-order chi connectivity index (χ1) is 14.3. The summed E-state index contributed by atoms with van der Waals surface area (Å²) in [6.07, 6.45) is 2.97. The van der Waals surface area contributed by atoms with E-state index in [1.54, 1.807) is 0 Å². The van der Waals surface area contributed by atoms with E-state index >= 15 is 0 Å². The highest BCUT2D eigenvalue weighted by Crippen LogP contribution is 2.38. The number of para-hydroxylation sites is 2. The molecule has 1 N–H and O–H groups in total. The van der Waals surface area contributed by atoms with Gasteiger partial charge in [-0.15, -0.1) is 0 Å². The third-order valence-electron chi connectivity index (χ3n) is 5.97. The van der Waals surface area contributed by atoms with Crippen LogP contribution in [0.2, 0.25) is 0 Å². The van der Waals surface area contributed by atoms with Gasteiger partial charge in [0.25, 0.3) is 0 Å². The summed E-state index contributed by atoms with van der Waals surface area (Å²) in [4.78, 5) is 4.83. The van der Waals surface area contributed by atoms with E-state index in [2.05, 4.69) is 64.3 Å². The molecule has 6 rings (SSSR count). The molecule has 0 bridgehead atoms. The van der Waals surface area contributed by atoms with E-state index in [1.165, 1.54) is 16.3 Å². The number of rotatable bonds is 2. The number of aromatic nitrogens is 2. The van der Waals surface area contributed by atoms with Crippen molar-refractivity contribution in [1.29, 1.82) is 5.26 Å². The molecule has 1 aliphatic carbocycles. The Balaban J connectivity index is 1.71. The fourth-order valence-electron chi connectivity index (χ4n) is 4.68. The molecule has 2 heterocycles. The number of imidazole rings is 1. The van der Waals surface area contributed by atoms with Crippen molar-refractivity contribution in [3.8, 4) is 6.07 Å². The van der Waals surface area contributed by atoms with Gasteiger partial charge in [0.15, 0.2) is 5.65 Å². The van der Waals surface area contributed by atoms with Crippen LogP contribution >= 0.6 is 0 Å². The van der Waals surface area contributed by atoms with E-state index in [-0.39, 0.29) is 0 Å². The van der Waals surface area contributed by atoms with Crippen LogP contribution in [-0.2, 0) is 12.8 Å². The molecule has 0 atom stereocenters. The second-order valence-electron chi connectivity index (χ2n) is 7.56.